The highest BCUT2D eigenvalue weighted by Gasteiger charge is 2.51. The molecule has 3 aromatic rings. The maximum atomic E-state index is 13.4. The van der Waals surface area contributed by atoms with E-state index in [4.69, 9.17) is 9.47 Å². The minimum atomic E-state index is -3.55. The number of ether oxygens (including phenoxy) is 2. The van der Waals surface area contributed by atoms with Crippen molar-refractivity contribution in [1.82, 2.24) is 4.31 Å². The molecular weight excluding hydrogens is 512 g/mol. The molecule has 1 aliphatic heterocycles. The van der Waals surface area contributed by atoms with Gasteiger partial charge in [0, 0.05) is 20.2 Å². The average molecular weight is 549 g/mol. The lowest BCUT2D eigenvalue weighted by atomic mass is 9.94. The predicted octanol–water partition coefficient (Wildman–Crippen LogP) is 6.26. The molecule has 1 N–H and O–H groups in total. The van der Waals surface area contributed by atoms with E-state index in [1.54, 1.807) is 23.5 Å². The van der Waals surface area contributed by atoms with Gasteiger partial charge in [0.05, 0.1) is 10.3 Å². The number of nitrogens with one attached hydrogen (secondary N) is 1. The number of sulfonamides is 1. The average Bonchev–Trinajstić information content (AvgIpc) is 3.64. The van der Waals surface area contributed by atoms with Gasteiger partial charge in [-0.15, -0.1) is 0 Å². The fourth-order valence-electron chi connectivity index (χ4n) is 5.84. The highest BCUT2D eigenvalue weighted by molar-refractivity contribution is 7.89. The molecule has 0 radical (unpaired) electrons. The zero-order chi connectivity index (χ0) is 27.2. The summed E-state index contributed by atoms with van der Waals surface area (Å²) in [7, 11) is -1.85. The smallest absolute Gasteiger partial charge is 0.243 e. The number of aryl methyl sites for hydroxylation is 1. The lowest BCUT2D eigenvalue weighted by Gasteiger charge is -2.30. The first-order valence-electron chi connectivity index (χ1n) is 13.7. The maximum absolute atomic E-state index is 13.4. The zero-order valence-electron chi connectivity index (χ0n) is 22.4. The molecule has 0 bridgehead atoms. The third kappa shape index (κ3) is 4.80. The fraction of sp³-hybridized carbons (Fsp3) is 0.387. The van der Waals surface area contributed by atoms with Gasteiger partial charge in [-0.05, 0) is 91.3 Å². The minimum absolute atomic E-state index is 0. The van der Waals surface area contributed by atoms with Crippen molar-refractivity contribution in [3.05, 3.63) is 71.8 Å². The van der Waals surface area contributed by atoms with Crippen molar-refractivity contribution in [2.24, 2.45) is 0 Å². The normalized spacial score (nSPS) is 18.2. The first-order valence-corrected chi connectivity index (χ1v) is 15.1. The van der Waals surface area contributed by atoms with Crippen LogP contribution in [0.15, 0.2) is 65.6 Å². The van der Waals surface area contributed by atoms with Crippen molar-refractivity contribution >= 4 is 21.6 Å². The van der Waals surface area contributed by atoms with Crippen molar-refractivity contribution in [2.75, 3.05) is 19.2 Å². The number of amides is 1. The number of fused-ring (bicyclic) bond motifs is 1. The van der Waals surface area contributed by atoms with Crippen LogP contribution in [0, 0.1) is 6.92 Å². The summed E-state index contributed by atoms with van der Waals surface area (Å²) < 4.78 is 39.0. The molecule has 0 aromatic heterocycles. The Labute approximate surface area is 231 Å². The Morgan fingerprint density at radius 1 is 0.949 bits per heavy atom. The van der Waals surface area contributed by atoms with Crippen LogP contribution in [0.1, 0.15) is 57.5 Å². The molecule has 2 saturated carbocycles. The second-order valence-electron chi connectivity index (χ2n) is 11.0. The van der Waals surface area contributed by atoms with E-state index in [1.807, 2.05) is 55.5 Å². The van der Waals surface area contributed by atoms with E-state index in [2.05, 4.69) is 5.32 Å². The Morgan fingerprint density at radius 3 is 2.38 bits per heavy atom. The molecule has 0 saturated heterocycles. The van der Waals surface area contributed by atoms with Crippen LogP contribution in [-0.2, 0) is 20.2 Å². The summed E-state index contributed by atoms with van der Waals surface area (Å²) in [5.74, 6) is 1.35. The molecule has 0 spiro atoms. The van der Waals surface area contributed by atoms with Crippen molar-refractivity contribution in [1.29, 1.82) is 0 Å². The Bertz CT molecular complexity index is 1510. The van der Waals surface area contributed by atoms with Crippen molar-refractivity contribution in [3.8, 4) is 22.6 Å². The Balaban J connectivity index is 0.00000323. The number of hydrogen-bond acceptors (Lipinski definition) is 5. The third-order valence-electron chi connectivity index (χ3n) is 8.54. The Morgan fingerprint density at radius 2 is 1.67 bits per heavy atom. The number of nitrogens with zero attached hydrogens (tertiary/aromatic N) is 1. The van der Waals surface area contributed by atoms with Crippen LogP contribution in [0.4, 0.5) is 5.69 Å². The number of carbonyl (C=O) groups excluding carboxylic acids is 1. The largest absolute Gasteiger partial charge is 0.454 e. The topological polar surface area (TPSA) is 84.9 Å². The molecule has 0 unspecified atom stereocenters. The van der Waals surface area contributed by atoms with Gasteiger partial charge >= 0.3 is 0 Å². The van der Waals surface area contributed by atoms with Gasteiger partial charge < -0.3 is 14.8 Å². The summed E-state index contributed by atoms with van der Waals surface area (Å²) in [6.07, 6.45) is 6.73. The van der Waals surface area contributed by atoms with Gasteiger partial charge in [0.1, 0.15) is 0 Å². The molecule has 206 valence electrons. The molecular formula is C31H36N2O5S. The SMILES string of the molecule is Cc1ccc(NC(=O)C2(c3ccc4c(c3)OCO4)CC2)cc1-c1ccc(S(=O)(=O)N(C)C2CCCCC2)cc1.[HH]. The predicted molar refractivity (Wildman–Crippen MR) is 153 cm³/mol. The molecule has 1 heterocycles. The van der Waals surface area contributed by atoms with Crippen LogP contribution < -0.4 is 14.8 Å². The third-order valence-corrected chi connectivity index (χ3v) is 10.5. The number of carbonyl (C=O) groups is 1. The molecule has 1 amide bonds. The summed E-state index contributed by atoms with van der Waals surface area (Å²) in [5, 5.41) is 3.12. The second-order valence-corrected chi connectivity index (χ2v) is 13.0. The Kier molecular flexibility index (Phi) is 6.63. The van der Waals surface area contributed by atoms with Crippen LogP contribution in [-0.4, -0.2) is 38.5 Å². The van der Waals surface area contributed by atoms with Crippen LogP contribution in [0.5, 0.6) is 11.5 Å². The molecule has 8 heteroatoms. The van der Waals surface area contributed by atoms with Crippen LogP contribution in [0.2, 0.25) is 0 Å². The second kappa shape index (κ2) is 9.99. The minimum Gasteiger partial charge on any atom is -0.454 e. The van der Waals surface area contributed by atoms with Gasteiger partial charge in [0.2, 0.25) is 22.7 Å². The fourth-order valence-corrected chi connectivity index (χ4v) is 7.26. The lowest BCUT2D eigenvalue weighted by molar-refractivity contribution is -0.118. The summed E-state index contributed by atoms with van der Waals surface area (Å²) in [6.45, 7) is 2.21. The van der Waals surface area contributed by atoms with Gasteiger partial charge in [0.15, 0.2) is 11.5 Å². The molecule has 3 aromatic carbocycles. The summed E-state index contributed by atoms with van der Waals surface area (Å²) in [4.78, 5) is 13.7. The lowest BCUT2D eigenvalue weighted by Crippen LogP contribution is -2.38. The molecule has 6 rings (SSSR count). The van der Waals surface area contributed by atoms with Crippen molar-refractivity contribution in [2.45, 2.75) is 68.2 Å². The summed E-state index contributed by atoms with van der Waals surface area (Å²) in [5.41, 5.74) is 3.98. The van der Waals surface area contributed by atoms with Crippen LogP contribution in [0.3, 0.4) is 0 Å². The van der Waals surface area contributed by atoms with E-state index >= 15 is 0 Å². The monoisotopic (exact) mass is 548 g/mol. The van der Waals surface area contributed by atoms with Gasteiger partial charge in [0.25, 0.3) is 0 Å². The van der Waals surface area contributed by atoms with Crippen LogP contribution in [0.25, 0.3) is 11.1 Å². The molecule has 3 aliphatic rings. The highest BCUT2D eigenvalue weighted by Crippen LogP contribution is 2.51. The molecule has 2 aliphatic carbocycles. The quantitative estimate of drug-likeness (QED) is 0.377. The number of benzene rings is 3. The van der Waals surface area contributed by atoms with Crippen molar-refractivity contribution in [3.63, 3.8) is 0 Å². The van der Waals surface area contributed by atoms with Gasteiger partial charge in [-0.25, -0.2) is 8.42 Å². The molecule has 39 heavy (non-hydrogen) atoms. The van der Waals surface area contributed by atoms with E-state index in [-0.39, 0.29) is 20.2 Å². The van der Waals surface area contributed by atoms with Gasteiger partial charge in [-0.3, -0.25) is 4.79 Å². The molecule has 0 atom stereocenters. The molecule has 2 fully saturated rings. The summed E-state index contributed by atoms with van der Waals surface area (Å²) >= 11 is 0. The number of hydrogen-bond donors (Lipinski definition) is 1. The first kappa shape index (κ1) is 25.9. The highest BCUT2D eigenvalue weighted by atomic mass is 32.2. The molecule has 7 nitrogen and oxygen atoms in total. The maximum Gasteiger partial charge on any atom is 0.243 e. The number of anilines is 1. The van der Waals surface area contributed by atoms with E-state index < -0.39 is 15.4 Å². The van der Waals surface area contributed by atoms with Crippen LogP contribution >= 0.6 is 0 Å². The van der Waals surface area contributed by atoms with E-state index in [1.165, 1.54) is 6.42 Å². The van der Waals surface area contributed by atoms with E-state index in [0.29, 0.717) is 22.1 Å². The first-order chi connectivity index (χ1) is 18.8. The standard InChI is InChI=1S/C31H34N2O5S.H2/c1-21-8-12-24(32-30(34)31(16-17-31)23-11-15-28-29(18-23)38-20-37-28)19-27(21)22-9-13-26(14-10-22)39(35,36)33(2)25-6-4-3-5-7-25;/h8-15,18-19,25H,3-7,16-17,20H2,1-2H3,(H,32,34);1H. The van der Waals surface area contributed by atoms with Crippen molar-refractivity contribution < 1.29 is 24.1 Å². The van der Waals surface area contributed by atoms with E-state index in [9.17, 15) is 13.2 Å². The number of rotatable bonds is 7. The van der Waals surface area contributed by atoms with E-state index in [0.717, 1.165) is 60.8 Å². The Hall–Kier alpha value is -3.36. The van der Waals surface area contributed by atoms with Gasteiger partial charge in [-0.2, -0.15) is 4.31 Å². The zero-order valence-corrected chi connectivity index (χ0v) is 23.2. The summed E-state index contributed by atoms with van der Waals surface area (Å²) in [6, 6.07) is 18.7. The van der Waals surface area contributed by atoms with Gasteiger partial charge in [-0.1, -0.05) is 43.5 Å².